The van der Waals surface area contributed by atoms with E-state index in [1.165, 1.54) is 0 Å². The zero-order valence-corrected chi connectivity index (χ0v) is 6.96. The third kappa shape index (κ3) is 1.52. The minimum Gasteiger partial charge on any atom is -0.375 e. The average molecular weight is 154 g/mol. The summed E-state index contributed by atoms with van der Waals surface area (Å²) >= 11 is 0. The van der Waals surface area contributed by atoms with E-state index in [2.05, 4.69) is 5.32 Å². The van der Waals surface area contributed by atoms with E-state index >= 15 is 0 Å². The predicted octanol–water partition coefficient (Wildman–Crippen LogP) is 0.259. The SMILES string of the molecule is C[C@@H]1CN[C@@H](C)C[C@]1(O)C#N. The summed E-state index contributed by atoms with van der Waals surface area (Å²) in [7, 11) is 0. The van der Waals surface area contributed by atoms with Crippen molar-refractivity contribution in [1.82, 2.24) is 5.32 Å². The molecule has 0 aromatic carbocycles. The summed E-state index contributed by atoms with van der Waals surface area (Å²) in [5, 5.41) is 21.6. The van der Waals surface area contributed by atoms with E-state index in [9.17, 15) is 5.11 Å². The molecule has 2 N–H and O–H groups in total. The van der Waals surface area contributed by atoms with Crippen LogP contribution in [0.4, 0.5) is 0 Å². The number of nitrogens with one attached hydrogen (secondary N) is 1. The molecular formula is C8H14N2O. The van der Waals surface area contributed by atoms with Gasteiger partial charge in [0.2, 0.25) is 0 Å². The lowest BCUT2D eigenvalue weighted by Gasteiger charge is -2.36. The van der Waals surface area contributed by atoms with E-state index in [4.69, 9.17) is 5.26 Å². The van der Waals surface area contributed by atoms with Crippen LogP contribution >= 0.6 is 0 Å². The topological polar surface area (TPSA) is 56.0 Å². The van der Waals surface area contributed by atoms with Gasteiger partial charge in [-0.1, -0.05) is 6.92 Å². The van der Waals surface area contributed by atoms with Gasteiger partial charge >= 0.3 is 0 Å². The maximum absolute atomic E-state index is 9.72. The Balaban J connectivity index is 2.70. The van der Waals surface area contributed by atoms with Gasteiger partial charge in [-0.3, -0.25) is 0 Å². The molecule has 0 saturated carbocycles. The van der Waals surface area contributed by atoms with E-state index < -0.39 is 5.60 Å². The fraction of sp³-hybridized carbons (Fsp3) is 0.875. The molecule has 0 aliphatic carbocycles. The molecule has 1 rings (SSSR count). The third-order valence-electron chi connectivity index (χ3n) is 2.40. The van der Waals surface area contributed by atoms with Gasteiger partial charge in [-0.05, 0) is 6.92 Å². The second kappa shape index (κ2) is 2.80. The Labute approximate surface area is 67.0 Å². The molecule has 3 nitrogen and oxygen atoms in total. The highest BCUT2D eigenvalue weighted by atomic mass is 16.3. The van der Waals surface area contributed by atoms with Crippen molar-refractivity contribution in [1.29, 1.82) is 5.26 Å². The van der Waals surface area contributed by atoms with Crippen LogP contribution < -0.4 is 5.32 Å². The second-order valence-corrected chi connectivity index (χ2v) is 3.45. The third-order valence-corrected chi connectivity index (χ3v) is 2.40. The van der Waals surface area contributed by atoms with Crippen LogP contribution in [-0.2, 0) is 0 Å². The van der Waals surface area contributed by atoms with Crippen LogP contribution in [0.5, 0.6) is 0 Å². The fourth-order valence-electron chi connectivity index (χ4n) is 1.44. The Morgan fingerprint density at radius 3 is 2.73 bits per heavy atom. The minimum absolute atomic E-state index is 0.0312. The highest BCUT2D eigenvalue weighted by Crippen LogP contribution is 2.25. The van der Waals surface area contributed by atoms with Crippen molar-refractivity contribution < 1.29 is 5.11 Å². The van der Waals surface area contributed by atoms with Crippen LogP contribution in [0.25, 0.3) is 0 Å². The number of nitriles is 1. The maximum atomic E-state index is 9.72. The lowest BCUT2D eigenvalue weighted by atomic mass is 9.81. The number of rotatable bonds is 0. The number of piperidine rings is 1. The molecule has 11 heavy (non-hydrogen) atoms. The Hall–Kier alpha value is -0.590. The molecular weight excluding hydrogens is 140 g/mol. The maximum Gasteiger partial charge on any atom is 0.156 e. The monoisotopic (exact) mass is 154 g/mol. The normalized spacial score (nSPS) is 44.9. The molecule has 62 valence electrons. The Morgan fingerprint density at radius 1 is 1.64 bits per heavy atom. The number of hydrogen-bond donors (Lipinski definition) is 2. The molecule has 1 saturated heterocycles. The minimum atomic E-state index is -1.11. The Morgan fingerprint density at radius 2 is 2.27 bits per heavy atom. The average Bonchev–Trinajstić information content (AvgIpc) is 1.98. The van der Waals surface area contributed by atoms with Crippen LogP contribution in [0.1, 0.15) is 20.3 Å². The van der Waals surface area contributed by atoms with Gasteiger partial charge in [0.25, 0.3) is 0 Å². The van der Waals surface area contributed by atoms with Gasteiger partial charge in [-0.25, -0.2) is 0 Å². The summed E-state index contributed by atoms with van der Waals surface area (Å²) in [6, 6.07) is 2.22. The largest absolute Gasteiger partial charge is 0.375 e. The van der Waals surface area contributed by atoms with Gasteiger partial charge in [0.05, 0.1) is 6.07 Å². The molecule has 3 atom stereocenters. The zero-order valence-electron chi connectivity index (χ0n) is 6.96. The lowest BCUT2D eigenvalue weighted by molar-refractivity contribution is 0.00574. The Bertz CT molecular complexity index is 187. The number of nitrogens with zero attached hydrogens (tertiary/aromatic N) is 1. The van der Waals surface area contributed by atoms with Crippen molar-refractivity contribution >= 4 is 0 Å². The lowest BCUT2D eigenvalue weighted by Crippen LogP contribution is -2.52. The van der Waals surface area contributed by atoms with E-state index in [-0.39, 0.29) is 12.0 Å². The van der Waals surface area contributed by atoms with Gasteiger partial charge in [-0.2, -0.15) is 5.26 Å². The second-order valence-electron chi connectivity index (χ2n) is 3.45. The smallest absolute Gasteiger partial charge is 0.156 e. The highest BCUT2D eigenvalue weighted by molar-refractivity contribution is 5.07. The van der Waals surface area contributed by atoms with Crippen molar-refractivity contribution in [3.8, 4) is 6.07 Å². The first-order valence-corrected chi connectivity index (χ1v) is 3.95. The molecule has 0 aromatic rings. The summed E-state index contributed by atoms with van der Waals surface area (Å²) in [6.45, 7) is 4.60. The molecule has 0 bridgehead atoms. The molecule has 1 aliphatic rings. The molecule has 0 spiro atoms. The van der Waals surface area contributed by atoms with E-state index in [1.807, 2.05) is 19.9 Å². The molecule has 3 heteroatoms. The highest BCUT2D eigenvalue weighted by Gasteiger charge is 2.38. The van der Waals surface area contributed by atoms with Crippen LogP contribution in [0.3, 0.4) is 0 Å². The molecule has 1 heterocycles. The molecule has 0 radical (unpaired) electrons. The van der Waals surface area contributed by atoms with Gasteiger partial charge < -0.3 is 10.4 Å². The van der Waals surface area contributed by atoms with Crippen molar-refractivity contribution in [2.24, 2.45) is 5.92 Å². The van der Waals surface area contributed by atoms with Crippen LogP contribution in [-0.4, -0.2) is 23.3 Å². The zero-order chi connectivity index (χ0) is 8.48. The molecule has 0 amide bonds. The summed E-state index contributed by atoms with van der Waals surface area (Å²) in [5.74, 6) is 0.0312. The Kier molecular flexibility index (Phi) is 2.17. The number of hydrogen-bond acceptors (Lipinski definition) is 3. The molecule has 0 unspecified atom stereocenters. The van der Waals surface area contributed by atoms with Crippen molar-refractivity contribution in [3.05, 3.63) is 0 Å². The van der Waals surface area contributed by atoms with E-state index in [0.29, 0.717) is 6.42 Å². The first kappa shape index (κ1) is 8.51. The quantitative estimate of drug-likeness (QED) is 0.492. The van der Waals surface area contributed by atoms with Crippen LogP contribution in [0.2, 0.25) is 0 Å². The van der Waals surface area contributed by atoms with Crippen molar-refractivity contribution in [3.63, 3.8) is 0 Å². The van der Waals surface area contributed by atoms with Crippen LogP contribution in [0.15, 0.2) is 0 Å². The van der Waals surface area contributed by atoms with Crippen LogP contribution in [0, 0.1) is 17.2 Å². The van der Waals surface area contributed by atoms with Gasteiger partial charge in [-0.15, -0.1) is 0 Å². The van der Waals surface area contributed by atoms with Gasteiger partial charge in [0, 0.05) is 24.9 Å². The van der Waals surface area contributed by atoms with Gasteiger partial charge in [0.1, 0.15) is 0 Å². The van der Waals surface area contributed by atoms with E-state index in [1.54, 1.807) is 0 Å². The standard InChI is InChI=1S/C8H14N2O/c1-6-4-10-7(2)3-8(6,11)5-9/h6-7,10-11H,3-4H2,1-2H3/t6-,7+,8+/m1/s1. The summed E-state index contributed by atoms with van der Waals surface area (Å²) < 4.78 is 0. The van der Waals surface area contributed by atoms with E-state index in [0.717, 1.165) is 6.54 Å². The van der Waals surface area contributed by atoms with Crippen molar-refractivity contribution in [2.45, 2.75) is 31.9 Å². The summed E-state index contributed by atoms with van der Waals surface area (Å²) in [5.41, 5.74) is -1.11. The summed E-state index contributed by atoms with van der Waals surface area (Å²) in [4.78, 5) is 0. The first-order chi connectivity index (χ1) is 5.08. The fourth-order valence-corrected chi connectivity index (χ4v) is 1.44. The molecule has 1 aliphatic heterocycles. The molecule has 0 aromatic heterocycles. The summed E-state index contributed by atoms with van der Waals surface area (Å²) in [6.07, 6.45) is 0.532. The molecule has 1 fully saturated rings. The first-order valence-electron chi connectivity index (χ1n) is 3.95. The van der Waals surface area contributed by atoms with Crippen molar-refractivity contribution in [2.75, 3.05) is 6.54 Å². The predicted molar refractivity (Wildman–Crippen MR) is 41.8 cm³/mol. The number of aliphatic hydroxyl groups is 1. The van der Waals surface area contributed by atoms with Gasteiger partial charge in [0.15, 0.2) is 5.60 Å².